The minimum Gasteiger partial charge on any atom is -0.436 e. The molecule has 4 rings (SSSR count). The zero-order valence-electron chi connectivity index (χ0n) is 13.9. The highest BCUT2D eigenvalue weighted by molar-refractivity contribution is 6.29. The van der Waals surface area contributed by atoms with E-state index in [0.717, 1.165) is 5.56 Å². The van der Waals surface area contributed by atoms with Crippen LogP contribution in [0.1, 0.15) is 15.9 Å². The normalized spacial score (nSPS) is 10.9. The molecule has 0 aliphatic heterocycles. The van der Waals surface area contributed by atoms with Gasteiger partial charge in [0.1, 0.15) is 16.5 Å². The van der Waals surface area contributed by atoms with Gasteiger partial charge in [0.15, 0.2) is 5.58 Å². The summed E-state index contributed by atoms with van der Waals surface area (Å²) in [6.07, 6.45) is 1.57. The van der Waals surface area contributed by atoms with Gasteiger partial charge < -0.3 is 9.73 Å². The first-order chi connectivity index (χ1) is 13.1. The summed E-state index contributed by atoms with van der Waals surface area (Å²) in [4.78, 5) is 20.7. The molecular weight excluding hydrogens is 369 g/mol. The smallest absolute Gasteiger partial charge is 0.251 e. The van der Waals surface area contributed by atoms with Crippen molar-refractivity contribution in [3.63, 3.8) is 0 Å². The lowest BCUT2D eigenvalue weighted by Crippen LogP contribution is -2.22. The molecule has 1 amide bonds. The first kappa shape index (κ1) is 17.2. The average Bonchev–Trinajstić information content (AvgIpc) is 3.11. The van der Waals surface area contributed by atoms with Crippen LogP contribution in [0, 0.1) is 5.82 Å². The quantitative estimate of drug-likeness (QED) is 0.524. The van der Waals surface area contributed by atoms with Gasteiger partial charge in [0.25, 0.3) is 5.91 Å². The van der Waals surface area contributed by atoms with E-state index in [1.54, 1.807) is 48.7 Å². The maximum Gasteiger partial charge on any atom is 0.251 e. The van der Waals surface area contributed by atoms with Gasteiger partial charge in [0, 0.05) is 23.9 Å². The predicted octanol–water partition coefficient (Wildman–Crippen LogP) is 4.61. The van der Waals surface area contributed by atoms with Crippen molar-refractivity contribution < 1.29 is 13.6 Å². The number of aromatic nitrogens is 2. The number of oxazole rings is 1. The molecule has 0 saturated heterocycles. The lowest BCUT2D eigenvalue weighted by atomic mass is 10.2. The Bertz CT molecular complexity index is 1130. The molecule has 0 radical (unpaired) electrons. The van der Waals surface area contributed by atoms with E-state index >= 15 is 0 Å². The van der Waals surface area contributed by atoms with E-state index in [-0.39, 0.29) is 11.7 Å². The number of rotatable bonds is 4. The SMILES string of the molecule is O=C(NCc1ccc(F)cc1)c1ccc2nc(-c3ccnc(Cl)c3)oc2c1. The molecule has 27 heavy (non-hydrogen) atoms. The summed E-state index contributed by atoms with van der Waals surface area (Å²) in [5.74, 6) is -0.170. The van der Waals surface area contributed by atoms with E-state index in [2.05, 4.69) is 15.3 Å². The minimum absolute atomic E-state index is 0.258. The summed E-state index contributed by atoms with van der Waals surface area (Å²) in [5.41, 5.74) is 3.08. The van der Waals surface area contributed by atoms with Crippen LogP contribution in [0.2, 0.25) is 5.15 Å². The Labute approximate surface area is 158 Å². The lowest BCUT2D eigenvalue weighted by molar-refractivity contribution is 0.0951. The van der Waals surface area contributed by atoms with Crippen molar-refractivity contribution >= 4 is 28.6 Å². The number of hydrogen-bond acceptors (Lipinski definition) is 4. The summed E-state index contributed by atoms with van der Waals surface area (Å²) in [6.45, 7) is 0.300. The van der Waals surface area contributed by atoms with Crippen LogP contribution in [-0.2, 0) is 6.54 Å². The molecule has 0 unspecified atom stereocenters. The number of amides is 1. The van der Waals surface area contributed by atoms with Gasteiger partial charge in [-0.15, -0.1) is 0 Å². The fraction of sp³-hybridized carbons (Fsp3) is 0.0500. The summed E-state index contributed by atoms with van der Waals surface area (Å²) in [6, 6.07) is 14.4. The highest BCUT2D eigenvalue weighted by atomic mass is 35.5. The molecule has 0 atom stereocenters. The van der Waals surface area contributed by atoms with Crippen LogP contribution < -0.4 is 5.32 Å². The molecule has 0 aliphatic carbocycles. The van der Waals surface area contributed by atoms with Crippen molar-refractivity contribution in [2.45, 2.75) is 6.54 Å². The Morgan fingerprint density at radius 2 is 1.93 bits per heavy atom. The van der Waals surface area contributed by atoms with Gasteiger partial charge in [-0.05, 0) is 48.0 Å². The largest absolute Gasteiger partial charge is 0.436 e. The van der Waals surface area contributed by atoms with Gasteiger partial charge in [-0.2, -0.15) is 0 Å². The average molecular weight is 382 g/mol. The molecule has 0 spiro atoms. The Hall–Kier alpha value is -3.25. The Morgan fingerprint density at radius 1 is 1.11 bits per heavy atom. The number of carbonyl (C=O) groups excluding carboxylic acids is 1. The first-order valence-corrected chi connectivity index (χ1v) is 8.51. The Morgan fingerprint density at radius 3 is 2.70 bits per heavy atom. The van der Waals surface area contributed by atoms with E-state index < -0.39 is 0 Å². The Kier molecular flexibility index (Phi) is 4.56. The molecule has 2 aromatic heterocycles. The van der Waals surface area contributed by atoms with Crippen molar-refractivity contribution in [2.24, 2.45) is 0 Å². The summed E-state index contributed by atoms with van der Waals surface area (Å²) >= 11 is 5.90. The standard InChI is InChI=1S/C20H13ClFN3O2/c21-18-10-14(7-8-23-18)20-25-16-6-3-13(9-17(16)27-20)19(26)24-11-12-1-4-15(22)5-2-12/h1-10H,11H2,(H,24,26). The van der Waals surface area contributed by atoms with Crippen LogP contribution in [-0.4, -0.2) is 15.9 Å². The van der Waals surface area contributed by atoms with Crippen molar-refractivity contribution in [1.29, 1.82) is 0 Å². The van der Waals surface area contributed by atoms with Crippen LogP contribution >= 0.6 is 11.6 Å². The number of hydrogen-bond donors (Lipinski definition) is 1. The van der Waals surface area contributed by atoms with E-state index in [9.17, 15) is 9.18 Å². The molecule has 2 heterocycles. The summed E-state index contributed by atoms with van der Waals surface area (Å²) < 4.78 is 18.7. The van der Waals surface area contributed by atoms with Gasteiger partial charge in [-0.3, -0.25) is 4.79 Å². The fourth-order valence-corrected chi connectivity index (χ4v) is 2.79. The van der Waals surface area contributed by atoms with Crippen molar-refractivity contribution in [1.82, 2.24) is 15.3 Å². The molecule has 7 heteroatoms. The second kappa shape index (κ2) is 7.17. The van der Waals surface area contributed by atoms with Crippen LogP contribution in [0.5, 0.6) is 0 Å². The number of fused-ring (bicyclic) bond motifs is 1. The van der Waals surface area contributed by atoms with Gasteiger partial charge in [-0.25, -0.2) is 14.4 Å². The third-order valence-electron chi connectivity index (χ3n) is 3.99. The van der Waals surface area contributed by atoms with Gasteiger partial charge >= 0.3 is 0 Å². The lowest BCUT2D eigenvalue weighted by Gasteiger charge is -2.05. The molecule has 5 nitrogen and oxygen atoms in total. The summed E-state index contributed by atoms with van der Waals surface area (Å²) in [5, 5.41) is 3.14. The van der Waals surface area contributed by atoms with Gasteiger partial charge in [-0.1, -0.05) is 23.7 Å². The zero-order valence-corrected chi connectivity index (χ0v) is 14.7. The van der Waals surface area contributed by atoms with Crippen LogP contribution in [0.25, 0.3) is 22.6 Å². The van der Waals surface area contributed by atoms with E-state index in [4.69, 9.17) is 16.0 Å². The minimum atomic E-state index is -0.313. The highest BCUT2D eigenvalue weighted by Gasteiger charge is 2.12. The monoisotopic (exact) mass is 381 g/mol. The third kappa shape index (κ3) is 3.80. The van der Waals surface area contributed by atoms with Crippen LogP contribution in [0.15, 0.2) is 65.2 Å². The molecular formula is C20H13ClFN3O2. The number of nitrogens with zero attached hydrogens (tertiary/aromatic N) is 2. The molecule has 2 aromatic carbocycles. The topological polar surface area (TPSA) is 68.0 Å². The van der Waals surface area contributed by atoms with Crippen LogP contribution in [0.4, 0.5) is 4.39 Å². The maximum absolute atomic E-state index is 12.9. The second-order valence-corrected chi connectivity index (χ2v) is 6.27. The number of benzene rings is 2. The zero-order chi connectivity index (χ0) is 18.8. The summed E-state index contributed by atoms with van der Waals surface area (Å²) in [7, 11) is 0. The molecule has 0 bridgehead atoms. The second-order valence-electron chi connectivity index (χ2n) is 5.88. The van der Waals surface area contributed by atoms with E-state index in [0.29, 0.717) is 39.8 Å². The van der Waals surface area contributed by atoms with Gasteiger partial charge in [0.05, 0.1) is 0 Å². The molecule has 134 valence electrons. The van der Waals surface area contributed by atoms with Crippen molar-refractivity contribution in [3.8, 4) is 11.5 Å². The maximum atomic E-state index is 12.9. The molecule has 1 N–H and O–H groups in total. The molecule has 0 saturated carbocycles. The number of pyridine rings is 1. The van der Waals surface area contributed by atoms with Crippen molar-refractivity contribution in [2.75, 3.05) is 0 Å². The molecule has 0 aliphatic rings. The number of halogens is 2. The predicted molar refractivity (Wildman–Crippen MR) is 99.8 cm³/mol. The third-order valence-corrected chi connectivity index (χ3v) is 4.20. The van der Waals surface area contributed by atoms with Crippen molar-refractivity contribution in [3.05, 3.63) is 82.9 Å². The van der Waals surface area contributed by atoms with Gasteiger partial charge in [0.2, 0.25) is 5.89 Å². The first-order valence-electron chi connectivity index (χ1n) is 8.14. The molecule has 0 fully saturated rings. The Balaban J connectivity index is 1.54. The van der Waals surface area contributed by atoms with E-state index in [1.165, 1.54) is 12.1 Å². The van der Waals surface area contributed by atoms with Crippen LogP contribution in [0.3, 0.4) is 0 Å². The number of nitrogens with one attached hydrogen (secondary N) is 1. The van der Waals surface area contributed by atoms with E-state index in [1.807, 2.05) is 0 Å². The molecule has 4 aromatic rings. The highest BCUT2D eigenvalue weighted by Crippen LogP contribution is 2.26. The number of carbonyl (C=O) groups is 1. The fourth-order valence-electron chi connectivity index (χ4n) is 2.61.